The Morgan fingerprint density at radius 2 is 1.15 bits per heavy atom. The van der Waals surface area contributed by atoms with Gasteiger partial charge < -0.3 is 10.2 Å². The van der Waals surface area contributed by atoms with Gasteiger partial charge in [-0.15, -0.1) is 0 Å². The molecule has 41 heavy (non-hydrogen) atoms. The first-order valence-corrected chi connectivity index (χ1v) is 11.7. The summed E-state index contributed by atoms with van der Waals surface area (Å²) in [5, 5.41) is 20.1. The summed E-state index contributed by atoms with van der Waals surface area (Å²) in [6.45, 7) is 0. The van der Waals surface area contributed by atoms with Crippen molar-refractivity contribution in [2.45, 2.75) is 62.0 Å². The predicted molar refractivity (Wildman–Crippen MR) is 120 cm³/mol. The fourth-order valence-corrected chi connectivity index (χ4v) is 5.24. The van der Waals surface area contributed by atoms with Gasteiger partial charge in [-0.1, -0.05) is 0 Å². The molecule has 3 atom stereocenters. The molecule has 0 heterocycles. The van der Waals surface area contributed by atoms with E-state index >= 15 is 0 Å². The lowest BCUT2D eigenvalue weighted by molar-refractivity contribution is -0.145. The molecule has 0 radical (unpaired) electrons. The summed E-state index contributed by atoms with van der Waals surface area (Å²) in [6.07, 6.45) is -18.7. The third-order valence-corrected chi connectivity index (χ3v) is 7.20. The van der Waals surface area contributed by atoms with Gasteiger partial charge in [-0.05, 0) is 55.9 Å². The van der Waals surface area contributed by atoms with Crippen LogP contribution in [0.25, 0.3) is 0 Å². The van der Waals surface area contributed by atoms with E-state index in [1.54, 1.807) is 0 Å². The summed E-state index contributed by atoms with van der Waals surface area (Å²) in [5.41, 5.74) is -10.4. The van der Waals surface area contributed by atoms with Gasteiger partial charge in [0.05, 0.1) is 33.8 Å². The fourth-order valence-electron chi connectivity index (χ4n) is 5.24. The van der Waals surface area contributed by atoms with Crippen LogP contribution >= 0.6 is 0 Å². The predicted octanol–water partition coefficient (Wildman–Crippen LogP) is 8.02. The first-order valence-electron chi connectivity index (χ1n) is 11.7. The summed E-state index contributed by atoms with van der Waals surface area (Å²) >= 11 is 0. The Balaban J connectivity index is 1.74. The molecule has 2 bridgehead atoms. The van der Waals surface area contributed by atoms with Gasteiger partial charge in [0.1, 0.15) is 11.5 Å². The Labute approximate surface area is 223 Å². The molecular formula is C25H18F12N2O2. The number of phenols is 2. The quantitative estimate of drug-likeness (QED) is 0.274. The fraction of sp³-hybridized carbons (Fsp3) is 0.440. The van der Waals surface area contributed by atoms with Crippen LogP contribution in [0.3, 0.4) is 0 Å². The number of aliphatic imine (C=N–C) groups is 2. The molecule has 0 amide bonds. The number of fused-ring (bicyclic) bond motifs is 2. The van der Waals surface area contributed by atoms with Crippen molar-refractivity contribution < 1.29 is 62.9 Å². The van der Waals surface area contributed by atoms with Crippen LogP contribution in [0.2, 0.25) is 0 Å². The molecular weight excluding hydrogens is 588 g/mol. The van der Waals surface area contributed by atoms with Crippen LogP contribution in [-0.2, 0) is 24.7 Å². The minimum absolute atomic E-state index is 0.101. The standard InChI is InChI=1S/C25H18F12N2O2/c26-22(27,28)14-4-12(19(40)16(6-14)24(32,33)34)9-38-18-3-11-1-2-21(18,8-11)39-10-13-5-15(23(29,30)31)7-17(20(13)41)25(35,36)37/h4-7,9-11,18,40-41H,1-3,8H2. The minimum atomic E-state index is -5.34. The van der Waals surface area contributed by atoms with Crippen molar-refractivity contribution in [2.75, 3.05) is 0 Å². The molecule has 2 saturated carbocycles. The second-order valence-electron chi connectivity index (χ2n) is 9.91. The third-order valence-electron chi connectivity index (χ3n) is 7.20. The molecule has 0 spiro atoms. The highest BCUT2D eigenvalue weighted by molar-refractivity contribution is 5.86. The van der Waals surface area contributed by atoms with Crippen LogP contribution in [0.4, 0.5) is 52.7 Å². The number of alkyl halides is 12. The highest BCUT2D eigenvalue weighted by atomic mass is 19.4. The Hall–Kier alpha value is -3.46. The summed E-state index contributed by atoms with van der Waals surface area (Å²) in [7, 11) is 0. The lowest BCUT2D eigenvalue weighted by Gasteiger charge is -2.29. The van der Waals surface area contributed by atoms with Gasteiger partial charge in [0, 0.05) is 23.6 Å². The summed E-state index contributed by atoms with van der Waals surface area (Å²) < 4.78 is 159. The molecule has 2 aromatic rings. The number of phenolic OH excluding ortho intramolecular Hbond substituents is 2. The highest BCUT2D eigenvalue weighted by Crippen LogP contribution is 2.52. The van der Waals surface area contributed by atoms with Crippen molar-refractivity contribution in [2.24, 2.45) is 15.9 Å². The SMILES string of the molecule is Oc1c(C=NC2CC3CCC2(N=Cc2cc(C(F)(F)F)cc(C(F)(F)F)c2O)C3)cc(C(F)(F)F)cc1C(F)(F)F. The normalized spacial score (nSPS) is 23.8. The topological polar surface area (TPSA) is 65.2 Å². The van der Waals surface area contributed by atoms with Crippen LogP contribution in [-0.4, -0.2) is 34.2 Å². The molecule has 16 heteroatoms. The van der Waals surface area contributed by atoms with Gasteiger partial charge >= 0.3 is 24.7 Å². The van der Waals surface area contributed by atoms with Crippen LogP contribution in [0.15, 0.2) is 34.3 Å². The van der Waals surface area contributed by atoms with Crippen molar-refractivity contribution in [3.63, 3.8) is 0 Å². The van der Waals surface area contributed by atoms with Crippen molar-refractivity contribution in [3.8, 4) is 11.5 Å². The van der Waals surface area contributed by atoms with E-state index in [4.69, 9.17) is 0 Å². The van der Waals surface area contributed by atoms with E-state index in [-0.39, 0.29) is 49.4 Å². The monoisotopic (exact) mass is 606 g/mol. The van der Waals surface area contributed by atoms with Gasteiger partial charge in [-0.25, -0.2) is 0 Å². The first kappa shape index (κ1) is 30.5. The van der Waals surface area contributed by atoms with E-state index in [0.717, 1.165) is 0 Å². The van der Waals surface area contributed by atoms with Crippen molar-refractivity contribution in [3.05, 3.63) is 57.6 Å². The smallest absolute Gasteiger partial charge is 0.419 e. The molecule has 224 valence electrons. The van der Waals surface area contributed by atoms with Crippen LogP contribution in [0.5, 0.6) is 11.5 Å². The number of aromatic hydroxyl groups is 2. The Kier molecular flexibility index (Phi) is 7.31. The van der Waals surface area contributed by atoms with E-state index < -0.39 is 81.2 Å². The number of hydrogen-bond acceptors (Lipinski definition) is 4. The van der Waals surface area contributed by atoms with Crippen LogP contribution < -0.4 is 0 Å². The van der Waals surface area contributed by atoms with Crippen molar-refractivity contribution in [1.82, 2.24) is 0 Å². The van der Waals surface area contributed by atoms with E-state index in [9.17, 15) is 62.9 Å². The zero-order valence-corrected chi connectivity index (χ0v) is 20.3. The van der Waals surface area contributed by atoms with Crippen molar-refractivity contribution >= 4 is 12.4 Å². The maximum Gasteiger partial charge on any atom is 0.419 e. The van der Waals surface area contributed by atoms with Gasteiger partial charge in [-0.3, -0.25) is 9.98 Å². The Morgan fingerprint density at radius 3 is 1.56 bits per heavy atom. The average molecular weight is 606 g/mol. The van der Waals surface area contributed by atoms with Crippen molar-refractivity contribution in [1.29, 1.82) is 0 Å². The highest BCUT2D eigenvalue weighted by Gasteiger charge is 2.52. The molecule has 0 aliphatic heterocycles. The van der Waals surface area contributed by atoms with E-state index in [1.165, 1.54) is 0 Å². The largest absolute Gasteiger partial charge is 0.507 e. The molecule has 2 fully saturated rings. The lowest BCUT2D eigenvalue weighted by Crippen LogP contribution is -2.34. The summed E-state index contributed by atoms with van der Waals surface area (Å²) in [6, 6.07) is -0.931. The van der Waals surface area contributed by atoms with E-state index in [2.05, 4.69) is 9.98 Å². The maximum atomic E-state index is 13.3. The second-order valence-corrected chi connectivity index (χ2v) is 9.91. The zero-order valence-electron chi connectivity index (χ0n) is 20.3. The van der Waals surface area contributed by atoms with Gasteiger partial charge in [0.15, 0.2) is 0 Å². The molecule has 0 saturated heterocycles. The summed E-state index contributed by atoms with van der Waals surface area (Å²) in [5.74, 6) is -3.12. The Morgan fingerprint density at radius 1 is 0.683 bits per heavy atom. The zero-order chi connectivity index (χ0) is 30.8. The molecule has 0 aromatic heterocycles. The number of nitrogens with zero attached hydrogens (tertiary/aromatic N) is 2. The molecule has 2 aliphatic carbocycles. The average Bonchev–Trinajstić information content (AvgIpc) is 3.38. The number of halogens is 12. The van der Waals surface area contributed by atoms with Gasteiger partial charge in [0.2, 0.25) is 0 Å². The Bertz CT molecular complexity index is 1390. The number of rotatable bonds is 4. The molecule has 2 N–H and O–H groups in total. The third kappa shape index (κ3) is 6.10. The molecule has 2 aliphatic rings. The molecule has 3 unspecified atom stereocenters. The lowest BCUT2D eigenvalue weighted by atomic mass is 9.89. The van der Waals surface area contributed by atoms with Crippen LogP contribution in [0.1, 0.15) is 59.1 Å². The number of benzene rings is 2. The molecule has 4 nitrogen and oxygen atoms in total. The van der Waals surface area contributed by atoms with E-state index in [1.807, 2.05) is 0 Å². The summed E-state index contributed by atoms with van der Waals surface area (Å²) in [4.78, 5) is 8.21. The first-order chi connectivity index (χ1) is 18.6. The van der Waals surface area contributed by atoms with E-state index in [0.29, 0.717) is 18.9 Å². The second kappa shape index (κ2) is 9.82. The molecule has 2 aromatic carbocycles. The van der Waals surface area contributed by atoms with Gasteiger partial charge in [0.25, 0.3) is 0 Å². The van der Waals surface area contributed by atoms with Gasteiger partial charge in [-0.2, -0.15) is 52.7 Å². The maximum absolute atomic E-state index is 13.3. The number of hydrogen-bond donors (Lipinski definition) is 2. The minimum Gasteiger partial charge on any atom is -0.507 e. The van der Waals surface area contributed by atoms with Crippen LogP contribution in [0, 0.1) is 5.92 Å². The molecule has 4 rings (SSSR count).